The largest absolute Gasteiger partial charge is 0.507 e. The highest BCUT2D eigenvalue weighted by atomic mass is 35.5. The van der Waals surface area contributed by atoms with Crippen LogP contribution < -0.4 is 0 Å². The molecule has 0 atom stereocenters. The fraction of sp³-hybridized carbons (Fsp3) is 0.188. The number of aromatic carboxylic acids is 1. The first-order valence-electron chi connectivity index (χ1n) is 6.16. The lowest BCUT2D eigenvalue weighted by molar-refractivity contribution is 0.0693. The zero-order valence-corrected chi connectivity index (χ0v) is 12.0. The van der Waals surface area contributed by atoms with E-state index >= 15 is 0 Å². The third-order valence-electron chi connectivity index (χ3n) is 3.47. The molecule has 0 aliphatic carbocycles. The van der Waals surface area contributed by atoms with Crippen molar-refractivity contribution in [2.45, 2.75) is 19.3 Å². The van der Waals surface area contributed by atoms with Crippen LogP contribution in [0.5, 0.6) is 5.75 Å². The molecule has 0 aliphatic heterocycles. The molecule has 4 heteroatoms. The summed E-state index contributed by atoms with van der Waals surface area (Å²) in [6.45, 7) is 3.83. The molecule has 104 valence electrons. The lowest BCUT2D eigenvalue weighted by Gasteiger charge is -2.27. The third-order valence-corrected chi connectivity index (χ3v) is 3.69. The standard InChI is InChI=1S/C16H15ClO3/c1-16(2,10-6-4-3-5-7-10)13-9-11(17)8-12(14(13)18)15(19)20/h3-9,18H,1-2H3,(H,19,20). The lowest BCUT2D eigenvalue weighted by atomic mass is 9.77. The van der Waals surface area contributed by atoms with E-state index < -0.39 is 11.4 Å². The fourth-order valence-electron chi connectivity index (χ4n) is 2.25. The Morgan fingerprint density at radius 2 is 1.75 bits per heavy atom. The van der Waals surface area contributed by atoms with E-state index in [4.69, 9.17) is 16.7 Å². The molecule has 0 fully saturated rings. The minimum Gasteiger partial charge on any atom is -0.507 e. The minimum atomic E-state index is -1.20. The number of phenols is 1. The number of hydrogen-bond acceptors (Lipinski definition) is 2. The second kappa shape index (κ2) is 5.17. The highest BCUT2D eigenvalue weighted by Gasteiger charge is 2.29. The van der Waals surface area contributed by atoms with Crippen molar-refractivity contribution < 1.29 is 15.0 Å². The molecule has 2 N–H and O–H groups in total. The van der Waals surface area contributed by atoms with E-state index in [-0.39, 0.29) is 11.3 Å². The van der Waals surface area contributed by atoms with Crippen molar-refractivity contribution in [1.29, 1.82) is 0 Å². The summed E-state index contributed by atoms with van der Waals surface area (Å²) in [5.41, 5.74) is 0.722. The first-order chi connectivity index (χ1) is 9.34. The van der Waals surface area contributed by atoms with Gasteiger partial charge >= 0.3 is 5.97 Å². The zero-order chi connectivity index (χ0) is 14.9. The van der Waals surface area contributed by atoms with E-state index in [2.05, 4.69) is 0 Å². The van der Waals surface area contributed by atoms with Crippen molar-refractivity contribution in [3.05, 3.63) is 64.2 Å². The van der Waals surface area contributed by atoms with Gasteiger partial charge < -0.3 is 10.2 Å². The number of halogens is 1. The molecule has 0 bridgehead atoms. The maximum atomic E-state index is 11.2. The van der Waals surface area contributed by atoms with Crippen molar-refractivity contribution in [3.8, 4) is 5.75 Å². The van der Waals surface area contributed by atoms with E-state index in [0.717, 1.165) is 5.56 Å². The van der Waals surface area contributed by atoms with Crippen LogP contribution in [0.1, 0.15) is 35.3 Å². The Morgan fingerprint density at radius 1 is 1.15 bits per heavy atom. The average molecular weight is 291 g/mol. The van der Waals surface area contributed by atoms with Crippen LogP contribution in [0.3, 0.4) is 0 Å². The van der Waals surface area contributed by atoms with E-state index in [1.54, 1.807) is 6.07 Å². The summed E-state index contributed by atoms with van der Waals surface area (Å²) in [4.78, 5) is 11.2. The van der Waals surface area contributed by atoms with E-state index in [9.17, 15) is 9.90 Å². The molecular weight excluding hydrogens is 276 g/mol. The maximum absolute atomic E-state index is 11.2. The van der Waals surface area contributed by atoms with Crippen LogP contribution in [0.4, 0.5) is 0 Å². The van der Waals surface area contributed by atoms with Gasteiger partial charge in [0.05, 0.1) is 0 Å². The number of carbonyl (C=O) groups is 1. The normalized spacial score (nSPS) is 11.3. The molecule has 0 saturated heterocycles. The molecule has 0 saturated carbocycles. The molecule has 0 heterocycles. The van der Waals surface area contributed by atoms with Gasteiger partial charge in [-0.2, -0.15) is 0 Å². The molecule has 0 radical (unpaired) electrons. The molecule has 0 aromatic heterocycles. The molecule has 2 aromatic rings. The second-order valence-electron chi connectivity index (χ2n) is 5.15. The van der Waals surface area contributed by atoms with Gasteiger partial charge in [0, 0.05) is 16.0 Å². The van der Waals surface area contributed by atoms with Gasteiger partial charge in [0.2, 0.25) is 0 Å². The van der Waals surface area contributed by atoms with Gasteiger partial charge in [-0.15, -0.1) is 0 Å². The highest BCUT2D eigenvalue weighted by molar-refractivity contribution is 6.31. The van der Waals surface area contributed by atoms with E-state index in [0.29, 0.717) is 10.6 Å². The van der Waals surface area contributed by atoms with Crippen LogP contribution in [0, 0.1) is 0 Å². The van der Waals surface area contributed by atoms with Crippen molar-refractivity contribution in [2.24, 2.45) is 0 Å². The van der Waals surface area contributed by atoms with Crippen LogP contribution in [0.25, 0.3) is 0 Å². The summed E-state index contributed by atoms with van der Waals surface area (Å²) < 4.78 is 0. The van der Waals surface area contributed by atoms with Crippen molar-refractivity contribution in [1.82, 2.24) is 0 Å². The molecule has 2 rings (SSSR count). The lowest BCUT2D eigenvalue weighted by Crippen LogP contribution is -2.20. The van der Waals surface area contributed by atoms with Crippen LogP contribution in [-0.4, -0.2) is 16.2 Å². The summed E-state index contributed by atoms with van der Waals surface area (Å²) >= 11 is 5.99. The van der Waals surface area contributed by atoms with Crippen molar-refractivity contribution in [2.75, 3.05) is 0 Å². The van der Waals surface area contributed by atoms with Crippen LogP contribution in [0.2, 0.25) is 5.02 Å². The molecule has 0 amide bonds. The Bertz CT molecular complexity index is 648. The average Bonchev–Trinajstić information content (AvgIpc) is 2.41. The Balaban J connectivity index is 2.66. The number of benzene rings is 2. The molecule has 20 heavy (non-hydrogen) atoms. The quantitative estimate of drug-likeness (QED) is 0.896. The Morgan fingerprint density at radius 3 is 2.30 bits per heavy atom. The number of carboxylic acid groups (broad SMARTS) is 1. The molecule has 2 aromatic carbocycles. The number of rotatable bonds is 3. The van der Waals surface area contributed by atoms with Gasteiger partial charge in [-0.25, -0.2) is 4.79 Å². The monoisotopic (exact) mass is 290 g/mol. The van der Waals surface area contributed by atoms with E-state index in [1.165, 1.54) is 6.07 Å². The fourth-order valence-corrected chi connectivity index (χ4v) is 2.47. The van der Waals surface area contributed by atoms with Crippen LogP contribution in [0.15, 0.2) is 42.5 Å². The van der Waals surface area contributed by atoms with Gasteiger partial charge in [0.1, 0.15) is 11.3 Å². The summed E-state index contributed by atoms with van der Waals surface area (Å²) in [5, 5.41) is 19.7. The van der Waals surface area contributed by atoms with Gasteiger partial charge in [0.25, 0.3) is 0 Å². The number of aromatic hydroxyl groups is 1. The van der Waals surface area contributed by atoms with Gasteiger partial charge in [-0.1, -0.05) is 55.8 Å². The van der Waals surface area contributed by atoms with Gasteiger partial charge in [-0.05, 0) is 17.7 Å². The SMILES string of the molecule is CC(C)(c1ccccc1)c1cc(Cl)cc(C(=O)O)c1O. The second-order valence-corrected chi connectivity index (χ2v) is 5.58. The summed E-state index contributed by atoms with van der Waals surface area (Å²) in [6.07, 6.45) is 0. The number of carboxylic acids is 1. The molecule has 0 spiro atoms. The summed E-state index contributed by atoms with van der Waals surface area (Å²) in [6, 6.07) is 12.4. The summed E-state index contributed by atoms with van der Waals surface area (Å²) in [5.74, 6) is -1.44. The smallest absolute Gasteiger partial charge is 0.339 e. The molecular formula is C16H15ClO3. The Labute approximate surface area is 122 Å². The van der Waals surface area contributed by atoms with Gasteiger partial charge in [0.15, 0.2) is 0 Å². The maximum Gasteiger partial charge on any atom is 0.339 e. The Kier molecular flexibility index (Phi) is 3.73. The summed E-state index contributed by atoms with van der Waals surface area (Å²) in [7, 11) is 0. The van der Waals surface area contributed by atoms with E-state index in [1.807, 2.05) is 44.2 Å². The topological polar surface area (TPSA) is 57.5 Å². The number of hydrogen-bond donors (Lipinski definition) is 2. The molecule has 0 unspecified atom stereocenters. The Hall–Kier alpha value is -2.00. The van der Waals surface area contributed by atoms with Crippen LogP contribution >= 0.6 is 11.6 Å². The third kappa shape index (κ3) is 2.49. The van der Waals surface area contributed by atoms with Crippen molar-refractivity contribution >= 4 is 17.6 Å². The highest BCUT2D eigenvalue weighted by Crippen LogP contribution is 2.40. The zero-order valence-electron chi connectivity index (χ0n) is 11.2. The predicted molar refractivity (Wildman–Crippen MR) is 78.6 cm³/mol. The molecule has 0 aliphatic rings. The van der Waals surface area contributed by atoms with Crippen molar-refractivity contribution in [3.63, 3.8) is 0 Å². The minimum absolute atomic E-state index is 0.184. The predicted octanol–water partition coefficient (Wildman–Crippen LogP) is 4.07. The van der Waals surface area contributed by atoms with Crippen LogP contribution in [-0.2, 0) is 5.41 Å². The first-order valence-corrected chi connectivity index (χ1v) is 6.53. The first kappa shape index (κ1) is 14.4. The van der Waals surface area contributed by atoms with Gasteiger partial charge in [-0.3, -0.25) is 0 Å². The molecule has 3 nitrogen and oxygen atoms in total.